The maximum Gasteiger partial charge on any atom is 0.340 e. The number of nitrogens with zero attached hydrogens (tertiary/aromatic N) is 1. The number of aryl methyl sites for hydroxylation is 1. The summed E-state index contributed by atoms with van der Waals surface area (Å²) in [5.41, 5.74) is 0.574. The van der Waals surface area contributed by atoms with Gasteiger partial charge < -0.3 is 15.0 Å². The van der Waals surface area contributed by atoms with Crippen LogP contribution in [-0.4, -0.2) is 36.2 Å². The Morgan fingerprint density at radius 1 is 1.45 bits per heavy atom. The lowest BCUT2D eigenvalue weighted by atomic mass is 9.92. The zero-order valence-electron chi connectivity index (χ0n) is 13.6. The van der Waals surface area contributed by atoms with E-state index in [9.17, 15) is 4.79 Å². The molecular weight excluding hydrogens is 316 g/mol. The first kappa shape index (κ1) is 17.2. The van der Waals surface area contributed by atoms with E-state index in [-0.39, 0.29) is 5.97 Å². The minimum Gasteiger partial charge on any atom is -0.465 e. The molecule has 0 aromatic carbocycles. The lowest BCUT2D eigenvalue weighted by Gasteiger charge is -2.36. The summed E-state index contributed by atoms with van der Waals surface area (Å²) in [6.45, 7) is 8.52. The average Bonchev–Trinajstić information content (AvgIpc) is 2.88. The number of nitrogens with one attached hydrogen (secondary N) is 1. The van der Waals surface area contributed by atoms with E-state index in [2.05, 4.69) is 31.0 Å². The number of hydrogen-bond donors (Lipinski definition) is 1. The van der Waals surface area contributed by atoms with Crippen LogP contribution in [0.2, 0.25) is 0 Å². The first-order valence-corrected chi connectivity index (χ1v) is 8.94. The van der Waals surface area contributed by atoms with Gasteiger partial charge in [-0.25, -0.2) is 4.79 Å². The highest BCUT2D eigenvalue weighted by atomic mass is 32.1. The van der Waals surface area contributed by atoms with Gasteiger partial charge in [-0.05, 0) is 43.0 Å². The normalized spacial score (nSPS) is 21.5. The monoisotopic (exact) mass is 340 g/mol. The first-order chi connectivity index (χ1) is 10.4. The van der Waals surface area contributed by atoms with Crippen LogP contribution in [0, 0.1) is 11.8 Å². The van der Waals surface area contributed by atoms with Gasteiger partial charge in [-0.1, -0.05) is 20.8 Å². The second-order valence-corrected chi connectivity index (χ2v) is 7.61. The zero-order valence-corrected chi connectivity index (χ0v) is 15.3. The summed E-state index contributed by atoms with van der Waals surface area (Å²) < 4.78 is 4.87. The van der Waals surface area contributed by atoms with Gasteiger partial charge in [-0.3, -0.25) is 0 Å². The van der Waals surface area contributed by atoms with E-state index in [4.69, 9.17) is 17.0 Å². The summed E-state index contributed by atoms with van der Waals surface area (Å²) in [5, 5.41) is 4.76. The maximum atomic E-state index is 11.9. The van der Waals surface area contributed by atoms with Crippen molar-refractivity contribution in [2.45, 2.75) is 33.6 Å². The third-order valence-electron chi connectivity index (χ3n) is 3.91. The van der Waals surface area contributed by atoms with Gasteiger partial charge in [0, 0.05) is 18.0 Å². The number of carbonyl (C=O) groups is 1. The van der Waals surface area contributed by atoms with E-state index in [1.54, 1.807) is 11.3 Å². The Bertz CT molecular complexity index is 546. The smallest absolute Gasteiger partial charge is 0.340 e. The van der Waals surface area contributed by atoms with Crippen molar-refractivity contribution < 1.29 is 9.53 Å². The molecule has 2 unspecified atom stereocenters. The molecule has 1 aliphatic heterocycles. The van der Waals surface area contributed by atoms with E-state index in [1.165, 1.54) is 13.5 Å². The van der Waals surface area contributed by atoms with Crippen LogP contribution in [0.1, 0.15) is 42.4 Å². The molecule has 1 aromatic heterocycles. The predicted molar refractivity (Wildman–Crippen MR) is 95.8 cm³/mol. The number of esters is 1. The molecule has 0 saturated carbocycles. The third kappa shape index (κ3) is 3.98. The Kier molecular flexibility index (Phi) is 5.81. The molecule has 122 valence electrons. The maximum absolute atomic E-state index is 11.9. The van der Waals surface area contributed by atoms with Gasteiger partial charge in [0.2, 0.25) is 0 Å². The fourth-order valence-electron chi connectivity index (χ4n) is 2.98. The minimum absolute atomic E-state index is 0.318. The van der Waals surface area contributed by atoms with Crippen LogP contribution in [0.3, 0.4) is 0 Å². The molecular formula is C16H24N2O2S2. The quantitative estimate of drug-likeness (QED) is 0.670. The number of rotatable bonds is 3. The Labute approximate surface area is 141 Å². The van der Waals surface area contributed by atoms with Crippen LogP contribution in [-0.2, 0) is 11.2 Å². The summed E-state index contributed by atoms with van der Waals surface area (Å²) in [5.74, 6) is 0.956. The number of ether oxygens (including phenoxy) is 1. The van der Waals surface area contributed by atoms with E-state index >= 15 is 0 Å². The highest BCUT2D eigenvalue weighted by molar-refractivity contribution is 7.80. The number of likely N-dealkylation sites (tertiary alicyclic amines) is 1. The molecule has 2 heterocycles. The highest BCUT2D eigenvalue weighted by Gasteiger charge is 2.25. The molecule has 4 nitrogen and oxygen atoms in total. The Morgan fingerprint density at radius 3 is 2.64 bits per heavy atom. The lowest BCUT2D eigenvalue weighted by molar-refractivity contribution is 0.0602. The summed E-state index contributed by atoms with van der Waals surface area (Å²) in [6.07, 6.45) is 2.13. The van der Waals surface area contributed by atoms with E-state index < -0.39 is 0 Å². The van der Waals surface area contributed by atoms with Crippen molar-refractivity contribution in [3.63, 3.8) is 0 Å². The molecule has 22 heavy (non-hydrogen) atoms. The number of hydrogen-bond acceptors (Lipinski definition) is 4. The van der Waals surface area contributed by atoms with Gasteiger partial charge in [-0.15, -0.1) is 11.3 Å². The standard InChI is InChI=1S/C16H24N2O2S2/c1-5-12-7-13(15(19)20-4)14(22-12)17-16(21)18-8-10(2)6-11(3)9-18/h7,10-11H,5-6,8-9H2,1-4H3,(H,17,21). The van der Waals surface area contributed by atoms with Crippen LogP contribution in [0.5, 0.6) is 0 Å². The zero-order chi connectivity index (χ0) is 16.3. The third-order valence-corrected chi connectivity index (χ3v) is 5.47. The largest absolute Gasteiger partial charge is 0.465 e. The number of anilines is 1. The van der Waals surface area contributed by atoms with Gasteiger partial charge in [0.25, 0.3) is 0 Å². The number of thiocarbonyl (C=S) groups is 1. The molecule has 0 spiro atoms. The topological polar surface area (TPSA) is 41.6 Å². The summed E-state index contributed by atoms with van der Waals surface area (Å²) in [6, 6.07) is 1.89. The molecule has 2 atom stereocenters. The number of carbonyl (C=O) groups excluding carboxylic acids is 1. The van der Waals surface area contributed by atoms with Crippen molar-refractivity contribution in [1.29, 1.82) is 0 Å². The Hall–Kier alpha value is -1.14. The van der Waals surface area contributed by atoms with Crippen molar-refractivity contribution in [3.05, 3.63) is 16.5 Å². The Balaban J connectivity index is 2.14. The fraction of sp³-hybridized carbons (Fsp3) is 0.625. The molecule has 0 amide bonds. The van der Waals surface area contributed by atoms with Crippen LogP contribution in [0.25, 0.3) is 0 Å². The van der Waals surface area contributed by atoms with E-state index in [0.717, 1.165) is 29.4 Å². The second kappa shape index (κ2) is 7.42. The van der Waals surface area contributed by atoms with Gasteiger partial charge in [0.05, 0.1) is 12.7 Å². The van der Waals surface area contributed by atoms with E-state index in [1.807, 2.05) is 6.07 Å². The van der Waals surface area contributed by atoms with Crippen molar-refractivity contribution in [2.24, 2.45) is 11.8 Å². The SMILES string of the molecule is CCc1cc(C(=O)OC)c(NC(=S)N2CC(C)CC(C)C2)s1. The van der Waals surface area contributed by atoms with Crippen LogP contribution in [0.15, 0.2) is 6.07 Å². The number of thiophene rings is 1. The molecule has 1 aromatic rings. The van der Waals surface area contributed by atoms with Crippen molar-refractivity contribution >= 4 is 39.6 Å². The average molecular weight is 341 g/mol. The van der Waals surface area contributed by atoms with Crippen molar-refractivity contribution in [1.82, 2.24) is 4.90 Å². The number of piperidine rings is 1. The molecule has 0 bridgehead atoms. The molecule has 0 radical (unpaired) electrons. The van der Waals surface area contributed by atoms with Gasteiger partial charge in [0.1, 0.15) is 5.00 Å². The van der Waals surface area contributed by atoms with Gasteiger partial charge >= 0.3 is 5.97 Å². The molecule has 6 heteroatoms. The van der Waals surface area contributed by atoms with Crippen LogP contribution >= 0.6 is 23.6 Å². The van der Waals surface area contributed by atoms with Crippen molar-refractivity contribution in [3.8, 4) is 0 Å². The van der Waals surface area contributed by atoms with Gasteiger partial charge in [-0.2, -0.15) is 0 Å². The highest BCUT2D eigenvalue weighted by Crippen LogP contribution is 2.30. The second-order valence-electron chi connectivity index (χ2n) is 6.08. The van der Waals surface area contributed by atoms with Crippen molar-refractivity contribution in [2.75, 3.05) is 25.5 Å². The van der Waals surface area contributed by atoms with Crippen LogP contribution in [0.4, 0.5) is 5.00 Å². The molecule has 1 fully saturated rings. The first-order valence-electron chi connectivity index (χ1n) is 7.71. The summed E-state index contributed by atoms with van der Waals surface area (Å²) in [7, 11) is 1.40. The fourth-order valence-corrected chi connectivity index (χ4v) is 4.27. The van der Waals surface area contributed by atoms with E-state index in [0.29, 0.717) is 22.5 Å². The summed E-state index contributed by atoms with van der Waals surface area (Å²) >= 11 is 7.13. The van der Waals surface area contributed by atoms with Crippen LogP contribution < -0.4 is 5.32 Å². The molecule has 2 rings (SSSR count). The molecule has 1 N–H and O–H groups in total. The molecule has 1 aliphatic rings. The number of methoxy groups -OCH3 is 1. The molecule has 0 aliphatic carbocycles. The minimum atomic E-state index is -0.318. The van der Waals surface area contributed by atoms with Gasteiger partial charge in [0.15, 0.2) is 5.11 Å². The lowest BCUT2D eigenvalue weighted by Crippen LogP contribution is -2.44. The summed E-state index contributed by atoms with van der Waals surface area (Å²) in [4.78, 5) is 15.3. The Morgan fingerprint density at radius 2 is 2.09 bits per heavy atom. The molecule has 1 saturated heterocycles. The predicted octanol–water partition coefficient (Wildman–Crippen LogP) is 3.77.